The van der Waals surface area contributed by atoms with Crippen LogP contribution in [0.3, 0.4) is 0 Å². The van der Waals surface area contributed by atoms with Gasteiger partial charge in [0.25, 0.3) is 0 Å². The van der Waals surface area contributed by atoms with E-state index in [0.29, 0.717) is 11.1 Å². The molecule has 126 valence electrons. The number of ether oxygens (including phenoxy) is 1. The lowest BCUT2D eigenvalue weighted by Crippen LogP contribution is -2.11. The molecule has 1 heterocycles. The van der Waals surface area contributed by atoms with E-state index in [9.17, 15) is 14.7 Å². The first-order chi connectivity index (χ1) is 11.2. The van der Waals surface area contributed by atoms with E-state index in [-0.39, 0.29) is 33.3 Å². The molecule has 0 fully saturated rings. The Bertz CT molecular complexity index is 865. The molecule has 0 aliphatic heterocycles. The van der Waals surface area contributed by atoms with E-state index in [2.05, 4.69) is 4.98 Å². The molecule has 7 nitrogen and oxygen atoms in total. The Kier molecular flexibility index (Phi) is 4.66. The van der Waals surface area contributed by atoms with Gasteiger partial charge in [-0.1, -0.05) is 11.6 Å². The van der Waals surface area contributed by atoms with Gasteiger partial charge >= 0.3 is 11.9 Å². The van der Waals surface area contributed by atoms with Crippen molar-refractivity contribution in [3.8, 4) is 11.3 Å². The monoisotopic (exact) mass is 349 g/mol. The predicted octanol–water partition coefficient (Wildman–Crippen LogP) is 2.67. The van der Waals surface area contributed by atoms with Gasteiger partial charge in [-0.25, -0.2) is 14.6 Å². The predicted molar refractivity (Wildman–Crippen MR) is 91.3 cm³/mol. The maximum absolute atomic E-state index is 11.9. The number of nitrogen functional groups attached to an aromatic ring is 2. The zero-order chi connectivity index (χ0) is 18.2. The number of aromatic carboxylic acids is 1. The van der Waals surface area contributed by atoms with E-state index in [1.165, 1.54) is 7.11 Å². The number of methoxy groups -OCH3 is 1. The fourth-order valence-corrected chi connectivity index (χ4v) is 2.61. The van der Waals surface area contributed by atoms with Crippen molar-refractivity contribution < 1.29 is 19.4 Å². The third-order valence-electron chi connectivity index (χ3n) is 3.61. The molecule has 1 aromatic heterocycles. The number of anilines is 2. The number of nitrogens with zero attached hydrogens (tertiary/aromatic N) is 1. The normalized spacial score (nSPS) is 10.5. The van der Waals surface area contributed by atoms with Crippen LogP contribution in [-0.2, 0) is 4.74 Å². The van der Waals surface area contributed by atoms with E-state index in [1.807, 2.05) is 0 Å². The van der Waals surface area contributed by atoms with E-state index in [4.69, 9.17) is 27.8 Å². The first-order valence-electron chi connectivity index (χ1n) is 6.86. The molecule has 0 radical (unpaired) electrons. The maximum Gasteiger partial charge on any atom is 0.356 e. The van der Waals surface area contributed by atoms with Crippen molar-refractivity contribution in [2.45, 2.75) is 13.8 Å². The number of aromatic nitrogens is 1. The molecule has 0 saturated heterocycles. The molecule has 0 unspecified atom stereocenters. The van der Waals surface area contributed by atoms with Crippen molar-refractivity contribution in [1.82, 2.24) is 4.98 Å². The standard InChI is InChI=1S/C16H16ClN3O4/c1-6-4-8(12(19)9(5-6)16(23)24-3)13-7(2)11(18)10(17)14(20-13)15(21)22/h4-5H,19H2,1-3H3,(H2,18,20)(H,21,22). The first-order valence-corrected chi connectivity index (χ1v) is 7.24. The van der Waals surface area contributed by atoms with E-state index < -0.39 is 11.9 Å². The summed E-state index contributed by atoms with van der Waals surface area (Å²) < 4.78 is 4.72. The van der Waals surface area contributed by atoms with Crippen LogP contribution in [0.2, 0.25) is 5.02 Å². The zero-order valence-corrected chi connectivity index (χ0v) is 14.1. The Balaban J connectivity index is 2.84. The summed E-state index contributed by atoms with van der Waals surface area (Å²) in [5.41, 5.74) is 13.8. The molecule has 0 bridgehead atoms. The summed E-state index contributed by atoms with van der Waals surface area (Å²) in [4.78, 5) is 27.3. The van der Waals surface area contributed by atoms with Gasteiger partial charge in [-0.15, -0.1) is 0 Å². The Labute approximate surface area is 143 Å². The zero-order valence-electron chi connectivity index (χ0n) is 13.3. The number of carboxylic acid groups (broad SMARTS) is 1. The number of benzene rings is 1. The smallest absolute Gasteiger partial charge is 0.356 e. The van der Waals surface area contributed by atoms with E-state index in [0.717, 1.165) is 5.56 Å². The van der Waals surface area contributed by atoms with Crippen LogP contribution in [0.4, 0.5) is 11.4 Å². The molecular weight excluding hydrogens is 334 g/mol. The van der Waals surface area contributed by atoms with Crippen LogP contribution in [0.1, 0.15) is 32.0 Å². The lowest BCUT2D eigenvalue weighted by Gasteiger charge is -2.16. The van der Waals surface area contributed by atoms with Crippen molar-refractivity contribution in [2.24, 2.45) is 0 Å². The average molecular weight is 350 g/mol. The number of carboxylic acids is 1. The molecule has 24 heavy (non-hydrogen) atoms. The Morgan fingerprint density at radius 1 is 1.21 bits per heavy atom. The van der Waals surface area contributed by atoms with Crippen molar-refractivity contribution in [3.63, 3.8) is 0 Å². The lowest BCUT2D eigenvalue weighted by atomic mass is 9.97. The second-order valence-corrected chi connectivity index (χ2v) is 5.61. The van der Waals surface area contributed by atoms with Gasteiger partial charge in [-0.2, -0.15) is 0 Å². The van der Waals surface area contributed by atoms with Gasteiger partial charge in [-0.05, 0) is 37.1 Å². The number of carbonyl (C=O) groups is 2. The quantitative estimate of drug-likeness (QED) is 0.573. The minimum Gasteiger partial charge on any atom is -0.476 e. The highest BCUT2D eigenvalue weighted by Crippen LogP contribution is 2.37. The highest BCUT2D eigenvalue weighted by molar-refractivity contribution is 6.36. The van der Waals surface area contributed by atoms with E-state index >= 15 is 0 Å². The lowest BCUT2D eigenvalue weighted by molar-refractivity contribution is 0.0600. The van der Waals surface area contributed by atoms with Crippen LogP contribution in [0.5, 0.6) is 0 Å². The molecule has 0 saturated carbocycles. The topological polar surface area (TPSA) is 129 Å². The second-order valence-electron chi connectivity index (χ2n) is 5.23. The average Bonchev–Trinajstić information content (AvgIpc) is 2.54. The van der Waals surface area contributed by atoms with Gasteiger partial charge in [0.1, 0.15) is 0 Å². The summed E-state index contributed by atoms with van der Waals surface area (Å²) in [6.07, 6.45) is 0. The third-order valence-corrected chi connectivity index (χ3v) is 4.00. The third kappa shape index (κ3) is 2.85. The summed E-state index contributed by atoms with van der Waals surface area (Å²) in [5.74, 6) is -1.91. The SMILES string of the molecule is COC(=O)c1cc(C)cc(-c2nc(C(=O)O)c(Cl)c(N)c2C)c1N. The molecule has 0 aliphatic carbocycles. The number of aryl methyl sites for hydroxylation is 1. The molecule has 1 aromatic carbocycles. The summed E-state index contributed by atoms with van der Waals surface area (Å²) in [5, 5.41) is 9.11. The maximum atomic E-state index is 11.9. The number of pyridine rings is 1. The number of hydrogen-bond donors (Lipinski definition) is 3. The fraction of sp³-hybridized carbons (Fsp3) is 0.188. The summed E-state index contributed by atoms with van der Waals surface area (Å²) in [6.45, 7) is 3.41. The number of halogens is 1. The van der Waals surface area contributed by atoms with Gasteiger partial charge in [0.15, 0.2) is 5.69 Å². The van der Waals surface area contributed by atoms with Gasteiger partial charge in [0.2, 0.25) is 0 Å². The van der Waals surface area contributed by atoms with Crippen molar-refractivity contribution in [3.05, 3.63) is 39.5 Å². The molecule has 0 spiro atoms. The van der Waals surface area contributed by atoms with Gasteiger partial charge in [-0.3, -0.25) is 0 Å². The first kappa shape index (κ1) is 17.6. The number of carbonyl (C=O) groups excluding carboxylic acids is 1. The van der Waals surface area contributed by atoms with Gasteiger partial charge in [0.05, 0.1) is 34.8 Å². The van der Waals surface area contributed by atoms with Gasteiger partial charge in [0, 0.05) is 5.56 Å². The van der Waals surface area contributed by atoms with Gasteiger partial charge < -0.3 is 21.3 Å². The molecule has 5 N–H and O–H groups in total. The Morgan fingerprint density at radius 2 is 1.83 bits per heavy atom. The second kappa shape index (κ2) is 6.37. The highest BCUT2D eigenvalue weighted by atomic mass is 35.5. The molecule has 0 atom stereocenters. The molecule has 8 heteroatoms. The van der Waals surface area contributed by atoms with Crippen LogP contribution in [0.15, 0.2) is 12.1 Å². The number of hydrogen-bond acceptors (Lipinski definition) is 6. The van der Waals surface area contributed by atoms with Crippen molar-refractivity contribution in [2.75, 3.05) is 18.6 Å². The summed E-state index contributed by atoms with van der Waals surface area (Å²) >= 11 is 5.95. The molecular formula is C16H16ClN3O4. The molecule has 2 rings (SSSR count). The van der Waals surface area contributed by atoms with Crippen LogP contribution in [0, 0.1) is 13.8 Å². The number of esters is 1. The minimum atomic E-state index is -1.31. The van der Waals surface area contributed by atoms with Crippen molar-refractivity contribution in [1.29, 1.82) is 0 Å². The Hall–Kier alpha value is -2.80. The van der Waals surface area contributed by atoms with Crippen molar-refractivity contribution >= 4 is 34.9 Å². The molecule has 0 amide bonds. The van der Waals surface area contributed by atoms with Crippen LogP contribution in [0.25, 0.3) is 11.3 Å². The number of rotatable bonds is 3. The van der Waals surface area contributed by atoms with E-state index in [1.54, 1.807) is 26.0 Å². The molecule has 0 aliphatic rings. The molecule has 2 aromatic rings. The van der Waals surface area contributed by atoms with Crippen LogP contribution >= 0.6 is 11.6 Å². The van der Waals surface area contributed by atoms with Crippen LogP contribution < -0.4 is 11.5 Å². The summed E-state index contributed by atoms with van der Waals surface area (Å²) in [6, 6.07) is 3.27. The Morgan fingerprint density at radius 3 is 2.38 bits per heavy atom. The number of nitrogens with two attached hydrogens (primary N) is 2. The fourth-order valence-electron chi connectivity index (χ4n) is 2.34. The highest BCUT2D eigenvalue weighted by Gasteiger charge is 2.23. The largest absolute Gasteiger partial charge is 0.476 e. The summed E-state index contributed by atoms with van der Waals surface area (Å²) in [7, 11) is 1.25. The van der Waals surface area contributed by atoms with Crippen LogP contribution in [-0.4, -0.2) is 29.1 Å². The minimum absolute atomic E-state index is 0.0968.